The van der Waals surface area contributed by atoms with E-state index in [1.807, 2.05) is 19.9 Å². The fraction of sp³-hybridized carbons (Fsp3) is 0.250. The molecule has 0 N–H and O–H groups in total. The van der Waals surface area contributed by atoms with Gasteiger partial charge in [0.05, 0.1) is 15.7 Å². The minimum atomic E-state index is -3.96. The quantitative estimate of drug-likeness (QED) is 0.500. The summed E-state index contributed by atoms with van der Waals surface area (Å²) in [4.78, 5) is 0.116. The van der Waals surface area contributed by atoms with Crippen LogP contribution in [-0.2, 0) is 23.1 Å². The number of aryl methyl sites for hydroxylation is 5. The lowest BCUT2D eigenvalue weighted by Gasteiger charge is -2.11. The van der Waals surface area contributed by atoms with E-state index in [4.69, 9.17) is 27.4 Å². The monoisotopic (exact) mass is 438 g/mol. The number of halogens is 2. The average Bonchev–Trinajstić information content (AvgIpc) is 2.96. The molecule has 0 unspecified atom stereocenters. The van der Waals surface area contributed by atoms with Crippen molar-refractivity contribution in [1.82, 2.24) is 9.78 Å². The molecule has 5 nitrogen and oxygen atoms in total. The molecule has 0 fully saturated rings. The third-order valence-corrected chi connectivity index (χ3v) is 6.38. The number of benzene rings is 2. The molecule has 1 aromatic heterocycles. The lowest BCUT2D eigenvalue weighted by Crippen LogP contribution is -2.14. The molecule has 3 aromatic rings. The lowest BCUT2D eigenvalue weighted by atomic mass is 10.1. The van der Waals surface area contributed by atoms with Crippen LogP contribution in [0.4, 0.5) is 0 Å². The highest BCUT2D eigenvalue weighted by Crippen LogP contribution is 2.25. The summed E-state index contributed by atoms with van der Waals surface area (Å²) in [5.74, 6) is 0.177. The molecule has 148 valence electrons. The van der Waals surface area contributed by atoms with Gasteiger partial charge in [-0.15, -0.1) is 0 Å². The van der Waals surface area contributed by atoms with E-state index in [1.54, 1.807) is 43.3 Å². The van der Waals surface area contributed by atoms with Crippen molar-refractivity contribution in [3.8, 4) is 5.88 Å². The van der Waals surface area contributed by atoms with Gasteiger partial charge in [0, 0.05) is 12.6 Å². The third-order valence-electron chi connectivity index (χ3n) is 4.42. The molecule has 8 heteroatoms. The van der Waals surface area contributed by atoms with Crippen LogP contribution >= 0.6 is 23.2 Å². The predicted molar refractivity (Wildman–Crippen MR) is 111 cm³/mol. The zero-order valence-electron chi connectivity index (χ0n) is 15.7. The molecule has 0 spiro atoms. The van der Waals surface area contributed by atoms with Crippen LogP contribution in [0.2, 0.25) is 10.0 Å². The van der Waals surface area contributed by atoms with Crippen LogP contribution in [0.1, 0.15) is 22.4 Å². The minimum Gasteiger partial charge on any atom is -0.358 e. The molecule has 0 amide bonds. The lowest BCUT2D eigenvalue weighted by molar-refractivity contribution is 0.438. The van der Waals surface area contributed by atoms with E-state index < -0.39 is 10.1 Å². The number of aromatic nitrogens is 2. The summed E-state index contributed by atoms with van der Waals surface area (Å²) >= 11 is 12.0. The van der Waals surface area contributed by atoms with Crippen LogP contribution < -0.4 is 4.18 Å². The SMILES string of the molecule is Cc1cc(OS(=O)(=O)c2ccc(C)c(C)c2)n(CCc2ccc(Cl)c(Cl)c2)n1. The smallest absolute Gasteiger partial charge is 0.340 e. The zero-order valence-corrected chi connectivity index (χ0v) is 18.1. The maximum absolute atomic E-state index is 12.7. The zero-order chi connectivity index (χ0) is 20.5. The van der Waals surface area contributed by atoms with Gasteiger partial charge in [-0.1, -0.05) is 35.3 Å². The predicted octanol–water partition coefficient (Wildman–Crippen LogP) is 5.13. The molecule has 3 rings (SSSR count). The van der Waals surface area contributed by atoms with Crippen LogP contribution in [0.3, 0.4) is 0 Å². The summed E-state index contributed by atoms with van der Waals surface area (Å²) in [5.41, 5.74) is 3.53. The van der Waals surface area contributed by atoms with Crippen LogP contribution in [-0.4, -0.2) is 18.2 Å². The molecular weight excluding hydrogens is 419 g/mol. The van der Waals surface area contributed by atoms with Crippen molar-refractivity contribution in [2.24, 2.45) is 0 Å². The van der Waals surface area contributed by atoms with Gasteiger partial charge < -0.3 is 4.18 Å². The number of hydrogen-bond acceptors (Lipinski definition) is 4. The van der Waals surface area contributed by atoms with Crippen molar-refractivity contribution >= 4 is 33.3 Å². The molecule has 0 atom stereocenters. The second-order valence-corrected chi connectivity index (χ2v) is 8.99. The number of nitrogens with zero attached hydrogens (tertiary/aromatic N) is 2. The highest BCUT2D eigenvalue weighted by atomic mass is 35.5. The normalized spacial score (nSPS) is 11.6. The Labute approximate surface area is 175 Å². The Bertz CT molecular complexity index is 1120. The summed E-state index contributed by atoms with van der Waals surface area (Å²) in [5, 5.41) is 5.31. The average molecular weight is 439 g/mol. The first kappa shape index (κ1) is 20.7. The first-order valence-electron chi connectivity index (χ1n) is 8.66. The maximum atomic E-state index is 12.7. The molecular formula is C20H20Cl2N2O3S. The molecule has 0 aliphatic carbocycles. The Balaban J connectivity index is 1.81. The molecule has 0 saturated carbocycles. The molecule has 28 heavy (non-hydrogen) atoms. The van der Waals surface area contributed by atoms with Gasteiger partial charge >= 0.3 is 10.1 Å². The van der Waals surface area contributed by atoms with Crippen molar-refractivity contribution in [2.75, 3.05) is 0 Å². The Morgan fingerprint density at radius 1 is 0.964 bits per heavy atom. The first-order valence-corrected chi connectivity index (χ1v) is 10.8. The molecule has 0 saturated heterocycles. The fourth-order valence-electron chi connectivity index (χ4n) is 2.71. The molecule has 1 heterocycles. The van der Waals surface area contributed by atoms with Gasteiger partial charge in [-0.3, -0.25) is 0 Å². The van der Waals surface area contributed by atoms with Crippen molar-refractivity contribution in [3.05, 3.63) is 74.9 Å². The fourth-order valence-corrected chi connectivity index (χ4v) is 4.04. The van der Waals surface area contributed by atoms with E-state index in [9.17, 15) is 8.42 Å². The van der Waals surface area contributed by atoms with Crippen LogP contribution in [0.15, 0.2) is 47.4 Å². The van der Waals surface area contributed by atoms with Gasteiger partial charge in [-0.2, -0.15) is 13.5 Å². The topological polar surface area (TPSA) is 61.2 Å². The van der Waals surface area contributed by atoms with Crippen LogP contribution in [0.5, 0.6) is 5.88 Å². The van der Waals surface area contributed by atoms with Gasteiger partial charge in [0.15, 0.2) is 0 Å². The van der Waals surface area contributed by atoms with E-state index in [0.29, 0.717) is 28.7 Å². The Hall–Kier alpha value is -2.02. The van der Waals surface area contributed by atoms with Gasteiger partial charge in [0.2, 0.25) is 5.88 Å². The molecule has 0 bridgehead atoms. The Kier molecular flexibility index (Phi) is 6.03. The molecule has 0 radical (unpaired) electrons. The van der Waals surface area contributed by atoms with E-state index >= 15 is 0 Å². The Morgan fingerprint density at radius 3 is 2.39 bits per heavy atom. The third kappa shape index (κ3) is 4.69. The van der Waals surface area contributed by atoms with Crippen molar-refractivity contribution < 1.29 is 12.6 Å². The summed E-state index contributed by atoms with van der Waals surface area (Å²) in [6, 6.07) is 11.9. The second kappa shape index (κ2) is 8.15. The molecule has 2 aromatic carbocycles. The summed E-state index contributed by atoms with van der Waals surface area (Å²) in [6.07, 6.45) is 0.595. The number of rotatable bonds is 6. The standard InChI is InChI=1S/C20H20Cl2N2O3S/c1-13-4-6-17(10-14(13)2)28(25,26)27-20-11-15(3)23-24(20)9-8-16-5-7-18(21)19(22)12-16/h4-7,10-12H,8-9H2,1-3H3. The van der Waals surface area contributed by atoms with Crippen molar-refractivity contribution in [3.63, 3.8) is 0 Å². The van der Waals surface area contributed by atoms with Crippen LogP contribution in [0, 0.1) is 20.8 Å². The highest BCUT2D eigenvalue weighted by molar-refractivity contribution is 7.87. The minimum absolute atomic E-state index is 0.116. The van der Waals surface area contributed by atoms with E-state index in [2.05, 4.69) is 5.10 Å². The van der Waals surface area contributed by atoms with E-state index in [-0.39, 0.29) is 10.8 Å². The Morgan fingerprint density at radius 2 is 1.71 bits per heavy atom. The number of hydrogen-bond donors (Lipinski definition) is 0. The summed E-state index contributed by atoms with van der Waals surface area (Å²) in [6.45, 7) is 6.00. The van der Waals surface area contributed by atoms with Crippen molar-refractivity contribution in [2.45, 2.75) is 38.6 Å². The van der Waals surface area contributed by atoms with Gasteiger partial charge in [-0.05, 0) is 68.1 Å². The van der Waals surface area contributed by atoms with Gasteiger partial charge in [0.1, 0.15) is 4.90 Å². The first-order chi connectivity index (χ1) is 13.2. The maximum Gasteiger partial charge on any atom is 0.340 e. The van der Waals surface area contributed by atoms with E-state index in [0.717, 1.165) is 16.7 Å². The van der Waals surface area contributed by atoms with Gasteiger partial charge in [0.25, 0.3) is 0 Å². The van der Waals surface area contributed by atoms with E-state index in [1.165, 1.54) is 4.68 Å². The second-order valence-electron chi connectivity index (χ2n) is 6.63. The van der Waals surface area contributed by atoms with Crippen molar-refractivity contribution in [1.29, 1.82) is 0 Å². The summed E-state index contributed by atoms with van der Waals surface area (Å²) in [7, 11) is -3.96. The molecule has 0 aliphatic heterocycles. The molecule has 0 aliphatic rings. The van der Waals surface area contributed by atoms with Gasteiger partial charge in [-0.25, -0.2) is 4.68 Å². The largest absolute Gasteiger partial charge is 0.358 e. The summed E-state index contributed by atoms with van der Waals surface area (Å²) < 4.78 is 32.3. The highest BCUT2D eigenvalue weighted by Gasteiger charge is 2.20. The van der Waals surface area contributed by atoms with Crippen LogP contribution in [0.25, 0.3) is 0 Å².